The molecule has 0 atom stereocenters. The SMILES string of the molecule is c1ccc(N(c2ccccc2)c2ccc(-n3c4ccc(N(c5ccccc5)c5ccccc5)cc4c4cc5c(cc43)sc3ccccc35)cc2)cc1. The molecule has 10 rings (SSSR count). The van der Waals surface area contributed by atoms with Crippen LogP contribution >= 0.6 is 11.3 Å². The third kappa shape index (κ3) is 5.12. The first-order chi connectivity index (χ1) is 25.8. The molecule has 0 fully saturated rings. The van der Waals surface area contributed by atoms with Crippen LogP contribution in [0.15, 0.2) is 200 Å². The maximum Gasteiger partial charge on any atom is 0.0555 e. The van der Waals surface area contributed by atoms with Crippen molar-refractivity contribution in [1.29, 1.82) is 0 Å². The molecule has 246 valence electrons. The van der Waals surface area contributed by atoms with Gasteiger partial charge in [0.05, 0.1) is 11.0 Å². The molecule has 52 heavy (non-hydrogen) atoms. The van der Waals surface area contributed by atoms with Crippen LogP contribution in [0.1, 0.15) is 0 Å². The zero-order valence-corrected chi connectivity index (χ0v) is 29.1. The summed E-state index contributed by atoms with van der Waals surface area (Å²) in [4.78, 5) is 4.65. The van der Waals surface area contributed by atoms with E-state index in [2.05, 4.69) is 215 Å². The smallest absolute Gasteiger partial charge is 0.0555 e. The molecule has 0 aliphatic heterocycles. The highest BCUT2D eigenvalue weighted by Gasteiger charge is 2.20. The summed E-state index contributed by atoms with van der Waals surface area (Å²) in [6.45, 7) is 0. The van der Waals surface area contributed by atoms with Crippen molar-refractivity contribution in [1.82, 2.24) is 4.57 Å². The lowest BCUT2D eigenvalue weighted by atomic mass is 10.1. The molecule has 2 aromatic heterocycles. The van der Waals surface area contributed by atoms with E-state index in [1.54, 1.807) is 0 Å². The Morgan fingerprint density at radius 2 is 0.769 bits per heavy atom. The molecular weight excluding hydrogens is 651 g/mol. The number of hydrogen-bond donors (Lipinski definition) is 0. The van der Waals surface area contributed by atoms with Crippen molar-refractivity contribution in [3.8, 4) is 5.69 Å². The first-order valence-corrected chi connectivity index (χ1v) is 18.4. The van der Waals surface area contributed by atoms with Crippen molar-refractivity contribution < 1.29 is 0 Å². The quantitative estimate of drug-likeness (QED) is 0.166. The van der Waals surface area contributed by atoms with Crippen molar-refractivity contribution in [2.75, 3.05) is 9.80 Å². The van der Waals surface area contributed by atoms with E-state index in [0.29, 0.717) is 0 Å². The number of nitrogens with zero attached hydrogens (tertiary/aromatic N) is 3. The molecule has 0 N–H and O–H groups in total. The summed E-state index contributed by atoms with van der Waals surface area (Å²) in [6, 6.07) is 72.0. The van der Waals surface area contributed by atoms with Crippen LogP contribution in [0.25, 0.3) is 47.7 Å². The largest absolute Gasteiger partial charge is 0.311 e. The van der Waals surface area contributed by atoms with Crippen LogP contribution in [0.5, 0.6) is 0 Å². The summed E-state index contributed by atoms with van der Waals surface area (Å²) >= 11 is 1.87. The van der Waals surface area contributed by atoms with Gasteiger partial charge in [0.25, 0.3) is 0 Å². The van der Waals surface area contributed by atoms with Gasteiger partial charge >= 0.3 is 0 Å². The van der Waals surface area contributed by atoms with E-state index in [1.165, 1.54) is 42.0 Å². The zero-order chi connectivity index (χ0) is 34.4. The number of rotatable bonds is 7. The van der Waals surface area contributed by atoms with Crippen molar-refractivity contribution in [3.05, 3.63) is 200 Å². The van der Waals surface area contributed by atoms with Gasteiger partial charge in [-0.1, -0.05) is 91.0 Å². The van der Waals surface area contributed by atoms with Gasteiger partial charge in [-0.2, -0.15) is 0 Å². The molecule has 0 saturated carbocycles. The fourth-order valence-corrected chi connectivity index (χ4v) is 8.72. The second-order valence-electron chi connectivity index (χ2n) is 13.0. The van der Waals surface area contributed by atoms with E-state index in [1.807, 2.05) is 11.3 Å². The van der Waals surface area contributed by atoms with E-state index in [0.717, 1.165) is 39.8 Å². The molecule has 0 radical (unpaired) electrons. The predicted octanol–water partition coefficient (Wildman–Crippen LogP) is 14.1. The minimum absolute atomic E-state index is 1.11. The van der Waals surface area contributed by atoms with Gasteiger partial charge < -0.3 is 14.4 Å². The maximum atomic E-state index is 2.44. The molecule has 0 bridgehead atoms. The zero-order valence-electron chi connectivity index (χ0n) is 28.3. The van der Waals surface area contributed by atoms with E-state index >= 15 is 0 Å². The van der Waals surface area contributed by atoms with Crippen LogP contribution in [0.2, 0.25) is 0 Å². The number of anilines is 6. The first-order valence-electron chi connectivity index (χ1n) is 17.6. The minimum Gasteiger partial charge on any atom is -0.311 e. The van der Waals surface area contributed by atoms with Gasteiger partial charge in [0.2, 0.25) is 0 Å². The van der Waals surface area contributed by atoms with Gasteiger partial charge in [-0.05, 0) is 109 Å². The Labute approximate surface area is 306 Å². The molecule has 8 aromatic carbocycles. The molecule has 4 heteroatoms. The van der Waals surface area contributed by atoms with Gasteiger partial charge in [-0.25, -0.2) is 0 Å². The predicted molar refractivity (Wildman–Crippen MR) is 223 cm³/mol. The monoisotopic (exact) mass is 683 g/mol. The molecular formula is C48H33N3S. The maximum absolute atomic E-state index is 2.44. The number of fused-ring (bicyclic) bond motifs is 6. The van der Waals surface area contributed by atoms with E-state index in [9.17, 15) is 0 Å². The molecule has 0 aliphatic rings. The Kier molecular flexibility index (Phi) is 7.33. The second-order valence-corrected chi connectivity index (χ2v) is 14.1. The van der Waals surface area contributed by atoms with Crippen LogP contribution in [0, 0.1) is 0 Å². The Morgan fingerprint density at radius 1 is 0.308 bits per heavy atom. The second kappa shape index (κ2) is 12.6. The molecule has 2 heterocycles. The van der Waals surface area contributed by atoms with Gasteiger partial charge in [0, 0.05) is 70.8 Å². The van der Waals surface area contributed by atoms with Gasteiger partial charge in [-0.15, -0.1) is 11.3 Å². The first kappa shape index (κ1) is 30.2. The topological polar surface area (TPSA) is 11.4 Å². The summed E-state index contributed by atoms with van der Waals surface area (Å²) in [5, 5.41) is 5.08. The number of thiophene rings is 1. The fraction of sp³-hybridized carbons (Fsp3) is 0. The normalized spacial score (nSPS) is 11.5. The van der Waals surface area contributed by atoms with E-state index < -0.39 is 0 Å². The molecule has 3 nitrogen and oxygen atoms in total. The van der Waals surface area contributed by atoms with Crippen molar-refractivity contribution in [3.63, 3.8) is 0 Å². The van der Waals surface area contributed by atoms with E-state index in [4.69, 9.17) is 0 Å². The average Bonchev–Trinajstić information content (AvgIpc) is 3.73. The Morgan fingerprint density at radius 3 is 1.35 bits per heavy atom. The minimum atomic E-state index is 1.11. The van der Waals surface area contributed by atoms with Crippen LogP contribution in [0.4, 0.5) is 34.1 Å². The third-order valence-electron chi connectivity index (χ3n) is 9.93. The summed E-state index contributed by atoms with van der Waals surface area (Å²) in [6.07, 6.45) is 0. The highest BCUT2D eigenvalue weighted by molar-refractivity contribution is 7.25. The summed E-state index contributed by atoms with van der Waals surface area (Å²) < 4.78 is 5.05. The molecule has 10 aromatic rings. The van der Waals surface area contributed by atoms with Gasteiger partial charge in [0.15, 0.2) is 0 Å². The van der Waals surface area contributed by atoms with Crippen molar-refractivity contribution in [2.24, 2.45) is 0 Å². The number of hydrogen-bond acceptors (Lipinski definition) is 3. The fourth-order valence-electron chi connectivity index (χ4n) is 7.60. The Hall–Kier alpha value is -6.62. The summed E-state index contributed by atoms with van der Waals surface area (Å²) in [5.41, 5.74) is 10.2. The van der Waals surface area contributed by atoms with Gasteiger partial charge in [-0.3, -0.25) is 0 Å². The third-order valence-corrected chi connectivity index (χ3v) is 11.1. The van der Waals surface area contributed by atoms with Crippen LogP contribution in [-0.2, 0) is 0 Å². The highest BCUT2D eigenvalue weighted by atomic mass is 32.1. The Bertz CT molecular complexity index is 2750. The summed E-state index contributed by atoms with van der Waals surface area (Å²) in [5.74, 6) is 0. The van der Waals surface area contributed by atoms with Crippen LogP contribution in [-0.4, -0.2) is 4.57 Å². The number of para-hydroxylation sites is 4. The van der Waals surface area contributed by atoms with Gasteiger partial charge in [0.1, 0.15) is 0 Å². The van der Waals surface area contributed by atoms with Crippen molar-refractivity contribution >= 4 is 87.4 Å². The summed E-state index contributed by atoms with van der Waals surface area (Å²) in [7, 11) is 0. The molecule has 0 spiro atoms. The molecule has 0 amide bonds. The lowest BCUT2D eigenvalue weighted by Gasteiger charge is -2.26. The highest BCUT2D eigenvalue weighted by Crippen LogP contribution is 2.44. The average molecular weight is 684 g/mol. The lowest BCUT2D eigenvalue weighted by molar-refractivity contribution is 1.17. The van der Waals surface area contributed by atoms with Crippen LogP contribution < -0.4 is 9.80 Å². The standard InChI is InChI=1S/C48H33N3S/c1-5-15-34(16-6-1)49(35-17-7-2-8-18-35)38-25-27-39(28-26-38)51-45-30-29-40(50(36-19-9-3-10-20-36)37-21-11-4-12-22-37)31-42(45)43-32-44-41-23-13-14-24-47(41)52-48(44)33-46(43)51/h1-33H. The number of aromatic nitrogens is 1. The van der Waals surface area contributed by atoms with E-state index in [-0.39, 0.29) is 0 Å². The van der Waals surface area contributed by atoms with Crippen molar-refractivity contribution in [2.45, 2.75) is 0 Å². The lowest BCUT2D eigenvalue weighted by Crippen LogP contribution is -2.10. The van der Waals surface area contributed by atoms with Crippen LogP contribution in [0.3, 0.4) is 0 Å². The molecule has 0 saturated heterocycles. The molecule has 0 unspecified atom stereocenters. The Balaban J connectivity index is 1.19. The molecule has 0 aliphatic carbocycles. The number of benzene rings is 8.